The van der Waals surface area contributed by atoms with Crippen LogP contribution in [0.2, 0.25) is 10.0 Å². The summed E-state index contributed by atoms with van der Waals surface area (Å²) in [5.41, 5.74) is 5.38. The number of halogens is 3. The Labute approximate surface area is 199 Å². The normalized spacial score (nSPS) is 11.9. The number of hydrogen-bond donors (Lipinski definition) is 1. The van der Waals surface area contributed by atoms with Crippen molar-refractivity contribution in [3.8, 4) is 6.07 Å². The van der Waals surface area contributed by atoms with E-state index in [0.717, 1.165) is 27.7 Å². The molecule has 33 heavy (non-hydrogen) atoms. The van der Waals surface area contributed by atoms with Crippen LogP contribution in [-0.4, -0.2) is 14.5 Å². The van der Waals surface area contributed by atoms with Crippen molar-refractivity contribution >= 4 is 56.8 Å². The van der Waals surface area contributed by atoms with E-state index >= 15 is 0 Å². The van der Waals surface area contributed by atoms with Gasteiger partial charge >= 0.3 is 0 Å². The van der Waals surface area contributed by atoms with Crippen LogP contribution in [0.5, 0.6) is 0 Å². The molecular formula is C26H17Cl2FN4. The molecule has 0 atom stereocenters. The highest BCUT2D eigenvalue weighted by Crippen LogP contribution is 2.32. The summed E-state index contributed by atoms with van der Waals surface area (Å²) in [6.07, 6.45) is 1.83. The second-order valence-corrected chi connectivity index (χ2v) is 8.60. The molecule has 0 aliphatic carbocycles. The largest absolute Gasteiger partial charge is 0.340 e. The molecule has 2 aromatic heterocycles. The predicted octanol–water partition coefficient (Wildman–Crippen LogP) is 7.38. The summed E-state index contributed by atoms with van der Waals surface area (Å²) in [6.45, 7) is 2.57. The fraction of sp³-hybridized carbons (Fsp3) is 0.0769. The van der Waals surface area contributed by atoms with Gasteiger partial charge in [0.1, 0.15) is 17.7 Å². The van der Waals surface area contributed by atoms with Gasteiger partial charge in [-0.2, -0.15) is 5.26 Å². The van der Waals surface area contributed by atoms with Gasteiger partial charge in [0, 0.05) is 38.8 Å². The Morgan fingerprint density at radius 3 is 2.76 bits per heavy atom. The van der Waals surface area contributed by atoms with Crippen molar-refractivity contribution in [1.82, 2.24) is 14.5 Å². The maximum atomic E-state index is 13.6. The van der Waals surface area contributed by atoms with Crippen LogP contribution in [0, 0.1) is 24.1 Å². The Kier molecular flexibility index (Phi) is 5.41. The van der Waals surface area contributed by atoms with Crippen LogP contribution in [0.1, 0.15) is 22.6 Å². The third-order valence-corrected chi connectivity index (χ3v) is 6.32. The summed E-state index contributed by atoms with van der Waals surface area (Å²) >= 11 is 12.5. The SMILES string of the molecule is Cc1c(/C=C(/C#N)c2nc3ccc(F)cc3[nH]2)c2ccccc2n1Cc1ccc(Cl)cc1Cl. The van der Waals surface area contributed by atoms with Crippen LogP contribution in [0.3, 0.4) is 0 Å². The number of nitrogens with one attached hydrogen (secondary N) is 1. The number of nitriles is 1. The van der Waals surface area contributed by atoms with Crippen molar-refractivity contribution in [2.24, 2.45) is 0 Å². The molecule has 162 valence electrons. The molecule has 0 saturated heterocycles. The average Bonchev–Trinajstić information content (AvgIpc) is 3.32. The van der Waals surface area contributed by atoms with Crippen LogP contribution in [-0.2, 0) is 6.54 Å². The van der Waals surface area contributed by atoms with Gasteiger partial charge in [-0.25, -0.2) is 9.37 Å². The molecule has 7 heteroatoms. The first-order valence-corrected chi connectivity index (χ1v) is 11.0. The number of para-hydroxylation sites is 1. The highest BCUT2D eigenvalue weighted by Gasteiger charge is 2.16. The minimum Gasteiger partial charge on any atom is -0.340 e. The summed E-state index contributed by atoms with van der Waals surface area (Å²) < 4.78 is 15.8. The van der Waals surface area contributed by atoms with E-state index in [2.05, 4.69) is 20.6 Å². The molecule has 0 fully saturated rings. The number of rotatable bonds is 4. The zero-order valence-electron chi connectivity index (χ0n) is 17.5. The lowest BCUT2D eigenvalue weighted by Gasteiger charge is -2.10. The van der Waals surface area contributed by atoms with Crippen LogP contribution in [0.25, 0.3) is 33.6 Å². The second-order valence-electron chi connectivity index (χ2n) is 7.75. The van der Waals surface area contributed by atoms with Gasteiger partial charge in [-0.3, -0.25) is 0 Å². The Morgan fingerprint density at radius 2 is 1.97 bits per heavy atom. The number of hydrogen-bond acceptors (Lipinski definition) is 2. The van der Waals surface area contributed by atoms with Crippen LogP contribution >= 0.6 is 23.2 Å². The first-order valence-electron chi connectivity index (χ1n) is 10.2. The zero-order chi connectivity index (χ0) is 23.1. The Balaban J connectivity index is 1.65. The standard InChI is InChI=1S/C26H17Cl2FN4/c1-15-21(10-17(13-30)26-31-23-9-8-19(29)12-24(23)32-26)20-4-2-3-5-25(20)33(15)14-16-6-7-18(27)11-22(16)28/h2-12H,14H2,1H3,(H,31,32)/b17-10-. The number of aromatic nitrogens is 3. The molecule has 0 saturated carbocycles. The molecule has 1 N–H and O–H groups in total. The van der Waals surface area contributed by atoms with Crippen LogP contribution < -0.4 is 0 Å². The van der Waals surface area contributed by atoms with E-state index in [1.54, 1.807) is 12.1 Å². The van der Waals surface area contributed by atoms with Crippen molar-refractivity contribution in [3.63, 3.8) is 0 Å². The molecule has 0 aliphatic rings. The molecule has 5 aromatic rings. The van der Waals surface area contributed by atoms with Gasteiger partial charge in [-0.05, 0) is 55.0 Å². The van der Waals surface area contributed by atoms with E-state index < -0.39 is 0 Å². The predicted molar refractivity (Wildman–Crippen MR) is 132 cm³/mol. The first-order chi connectivity index (χ1) is 15.9. The number of nitrogens with zero attached hydrogens (tertiary/aromatic N) is 3. The molecule has 0 unspecified atom stereocenters. The van der Waals surface area contributed by atoms with Gasteiger partial charge < -0.3 is 9.55 Å². The van der Waals surface area contributed by atoms with E-state index in [1.807, 2.05) is 49.4 Å². The summed E-state index contributed by atoms with van der Waals surface area (Å²) in [6, 6.07) is 20.0. The first kappa shape index (κ1) is 21.3. The Hall–Kier alpha value is -3.59. The molecule has 4 nitrogen and oxygen atoms in total. The maximum Gasteiger partial charge on any atom is 0.149 e. The third-order valence-electron chi connectivity index (χ3n) is 5.73. The van der Waals surface area contributed by atoms with Crippen LogP contribution in [0.4, 0.5) is 4.39 Å². The minimum absolute atomic E-state index is 0.361. The van der Waals surface area contributed by atoms with E-state index in [-0.39, 0.29) is 5.82 Å². The topological polar surface area (TPSA) is 57.4 Å². The highest BCUT2D eigenvalue weighted by molar-refractivity contribution is 6.35. The minimum atomic E-state index is -0.361. The van der Waals surface area contributed by atoms with Gasteiger partial charge in [0.25, 0.3) is 0 Å². The molecule has 5 rings (SSSR count). The lowest BCUT2D eigenvalue weighted by molar-refractivity contribution is 0.629. The van der Waals surface area contributed by atoms with E-state index in [0.29, 0.717) is 39.0 Å². The lowest BCUT2D eigenvalue weighted by Crippen LogP contribution is -2.02. The van der Waals surface area contributed by atoms with Gasteiger partial charge in [-0.1, -0.05) is 47.5 Å². The molecule has 0 spiro atoms. The smallest absolute Gasteiger partial charge is 0.149 e. The lowest BCUT2D eigenvalue weighted by atomic mass is 10.1. The Morgan fingerprint density at radius 1 is 1.15 bits per heavy atom. The number of allylic oxidation sites excluding steroid dienone is 1. The second kappa shape index (κ2) is 8.40. The van der Waals surface area contributed by atoms with Crippen LogP contribution in [0.15, 0.2) is 60.7 Å². The molecule has 2 heterocycles. The quantitative estimate of drug-likeness (QED) is 0.276. The summed E-state index contributed by atoms with van der Waals surface area (Å²) in [5.74, 6) is 0.0371. The number of imidazole rings is 1. The van der Waals surface area contributed by atoms with Gasteiger partial charge in [0.15, 0.2) is 0 Å². The number of H-pyrrole nitrogens is 1. The number of aromatic amines is 1. The fourth-order valence-corrected chi connectivity index (χ4v) is 4.54. The molecule has 0 bridgehead atoms. The van der Waals surface area contributed by atoms with Crippen molar-refractivity contribution in [3.05, 3.63) is 99.2 Å². The van der Waals surface area contributed by atoms with Gasteiger partial charge in [-0.15, -0.1) is 0 Å². The molecule has 0 radical (unpaired) electrons. The van der Waals surface area contributed by atoms with Gasteiger partial charge in [0.2, 0.25) is 0 Å². The van der Waals surface area contributed by atoms with Crippen molar-refractivity contribution < 1.29 is 4.39 Å². The van der Waals surface area contributed by atoms with Crippen molar-refractivity contribution in [2.75, 3.05) is 0 Å². The summed E-state index contributed by atoms with van der Waals surface area (Å²) in [4.78, 5) is 7.53. The molecular weight excluding hydrogens is 458 g/mol. The molecule has 0 aliphatic heterocycles. The summed E-state index contributed by atoms with van der Waals surface area (Å²) in [7, 11) is 0. The molecule has 0 amide bonds. The Bertz CT molecular complexity index is 1600. The maximum absolute atomic E-state index is 13.6. The van der Waals surface area contributed by atoms with E-state index in [1.165, 1.54) is 12.1 Å². The van der Waals surface area contributed by atoms with Crippen molar-refractivity contribution in [1.29, 1.82) is 5.26 Å². The third kappa shape index (κ3) is 3.89. The van der Waals surface area contributed by atoms with Crippen molar-refractivity contribution in [2.45, 2.75) is 13.5 Å². The van der Waals surface area contributed by atoms with E-state index in [4.69, 9.17) is 23.2 Å². The van der Waals surface area contributed by atoms with E-state index in [9.17, 15) is 9.65 Å². The highest BCUT2D eigenvalue weighted by atomic mass is 35.5. The number of benzene rings is 3. The van der Waals surface area contributed by atoms with Gasteiger partial charge in [0.05, 0.1) is 16.6 Å². The fourth-order valence-electron chi connectivity index (χ4n) is 4.07. The average molecular weight is 475 g/mol. The zero-order valence-corrected chi connectivity index (χ0v) is 19.0. The molecule has 3 aromatic carbocycles. The number of fused-ring (bicyclic) bond motifs is 2. The summed E-state index contributed by atoms with van der Waals surface area (Å²) in [5, 5.41) is 12.1. The monoisotopic (exact) mass is 474 g/mol.